The molecule has 1 amide bonds. The maximum Gasteiger partial charge on any atom is 0.312 e. The molecule has 0 bridgehead atoms. The van der Waals surface area contributed by atoms with Crippen molar-refractivity contribution in [2.75, 3.05) is 7.11 Å². The predicted octanol–water partition coefficient (Wildman–Crippen LogP) is -0.810. The molecule has 0 aromatic heterocycles. The summed E-state index contributed by atoms with van der Waals surface area (Å²) in [6.45, 7) is 1.71. The minimum absolute atomic E-state index is 0.0892. The maximum atomic E-state index is 11.5. The molecule has 2 N–H and O–H groups in total. The van der Waals surface area contributed by atoms with Crippen LogP contribution in [0.15, 0.2) is 23.2 Å². The first-order valence-corrected chi connectivity index (χ1v) is 5.16. The second kappa shape index (κ2) is 4.01. The Hall–Kier alpha value is -2.17. The van der Waals surface area contributed by atoms with Crippen LogP contribution in [-0.4, -0.2) is 19.0 Å². The van der Waals surface area contributed by atoms with Crippen LogP contribution in [0.2, 0.25) is 0 Å². The van der Waals surface area contributed by atoms with Crippen LogP contribution < -0.4 is 16.3 Å². The highest BCUT2D eigenvalue weighted by atomic mass is 16.5. The monoisotopic (exact) mass is 232 g/mol. The summed E-state index contributed by atoms with van der Waals surface area (Å²) in [5.41, 5.74) is 6.45. The lowest BCUT2D eigenvalue weighted by atomic mass is 9.98. The van der Waals surface area contributed by atoms with Gasteiger partial charge in [0.05, 0.1) is 18.4 Å². The fourth-order valence-electron chi connectivity index (χ4n) is 1.89. The van der Waals surface area contributed by atoms with Crippen LogP contribution in [0.4, 0.5) is 0 Å². The largest absolute Gasteiger partial charge is 0.469 e. The number of hydrogen-bond donors (Lipinski definition) is 1. The number of nitrogens with two attached hydrogens (primary N) is 1. The van der Waals surface area contributed by atoms with Crippen LogP contribution in [0, 0.1) is 0 Å². The average molecular weight is 232 g/mol. The Morgan fingerprint density at radius 2 is 2.18 bits per heavy atom. The Labute approximate surface area is 97.6 Å². The number of carbonyl (C=O) groups excluding carboxylic acids is 2. The molecule has 88 valence electrons. The van der Waals surface area contributed by atoms with Gasteiger partial charge in [0.15, 0.2) is 0 Å². The van der Waals surface area contributed by atoms with Crippen molar-refractivity contribution in [2.45, 2.75) is 12.8 Å². The summed E-state index contributed by atoms with van der Waals surface area (Å²) >= 11 is 0. The zero-order chi connectivity index (χ0) is 12.6. The molecule has 17 heavy (non-hydrogen) atoms. The summed E-state index contributed by atoms with van der Waals surface area (Å²) < 4.78 is 4.68. The predicted molar refractivity (Wildman–Crippen MR) is 60.3 cm³/mol. The number of rotatable bonds is 2. The lowest BCUT2D eigenvalue weighted by molar-refractivity contribution is -0.142. The third kappa shape index (κ3) is 1.69. The van der Waals surface area contributed by atoms with Gasteiger partial charge in [0, 0.05) is 5.22 Å². The van der Waals surface area contributed by atoms with E-state index in [2.05, 4.69) is 9.73 Å². The standard InChI is InChI=1S/C12H12N2O3/c1-6(12(16)17-2)7-4-3-5-8-9(7)10(13)11(15)14-8/h3-6H,1-2H3,(H2,13,14,15)/t6-/m0/s1. The smallest absolute Gasteiger partial charge is 0.312 e. The van der Waals surface area contributed by atoms with E-state index in [1.807, 2.05) is 0 Å². The molecule has 0 aliphatic carbocycles. The molecule has 5 heteroatoms. The Balaban J connectivity index is 2.69. The number of benzene rings is 1. The van der Waals surface area contributed by atoms with E-state index in [1.54, 1.807) is 25.1 Å². The fourth-order valence-corrected chi connectivity index (χ4v) is 1.89. The van der Waals surface area contributed by atoms with Gasteiger partial charge in [-0.15, -0.1) is 0 Å². The third-order valence-corrected chi connectivity index (χ3v) is 2.82. The van der Waals surface area contributed by atoms with Crippen LogP contribution in [0.1, 0.15) is 18.4 Å². The van der Waals surface area contributed by atoms with Gasteiger partial charge < -0.3 is 10.5 Å². The number of fused-ring (bicyclic) bond motifs is 1. The lowest BCUT2D eigenvalue weighted by Crippen LogP contribution is -2.32. The van der Waals surface area contributed by atoms with E-state index < -0.39 is 11.8 Å². The summed E-state index contributed by atoms with van der Waals surface area (Å²) in [7, 11) is 1.32. The van der Waals surface area contributed by atoms with Gasteiger partial charge in [0.1, 0.15) is 5.70 Å². The molecule has 2 rings (SSSR count). The van der Waals surface area contributed by atoms with E-state index in [4.69, 9.17) is 5.73 Å². The van der Waals surface area contributed by atoms with Crippen molar-refractivity contribution in [3.05, 3.63) is 34.3 Å². The van der Waals surface area contributed by atoms with Gasteiger partial charge in [-0.1, -0.05) is 12.1 Å². The topological polar surface area (TPSA) is 81.8 Å². The molecule has 0 saturated heterocycles. The molecule has 0 saturated carbocycles. The van der Waals surface area contributed by atoms with Gasteiger partial charge in [-0.05, 0) is 18.6 Å². The van der Waals surface area contributed by atoms with Crippen LogP contribution in [0.25, 0.3) is 5.70 Å². The van der Waals surface area contributed by atoms with Crippen molar-refractivity contribution < 1.29 is 14.3 Å². The van der Waals surface area contributed by atoms with Crippen molar-refractivity contribution in [2.24, 2.45) is 10.7 Å². The Bertz CT molecular complexity index is 619. The van der Waals surface area contributed by atoms with Crippen molar-refractivity contribution in [1.29, 1.82) is 0 Å². The number of nitrogens with zero attached hydrogens (tertiary/aromatic N) is 1. The third-order valence-electron chi connectivity index (χ3n) is 2.82. The summed E-state index contributed by atoms with van der Waals surface area (Å²) in [6, 6.07) is 5.19. The molecule has 0 radical (unpaired) electrons. The number of hydrogen-bond acceptors (Lipinski definition) is 4. The highest BCUT2D eigenvalue weighted by molar-refractivity contribution is 6.14. The molecule has 1 aromatic carbocycles. The van der Waals surface area contributed by atoms with Crippen LogP contribution in [-0.2, 0) is 14.3 Å². The minimum Gasteiger partial charge on any atom is -0.469 e. The highest BCUT2D eigenvalue weighted by Gasteiger charge is 2.22. The summed E-state index contributed by atoms with van der Waals surface area (Å²) in [5, 5.41) is 1.07. The molecule has 0 unspecified atom stereocenters. The first-order valence-electron chi connectivity index (χ1n) is 5.16. The molecule has 1 aliphatic heterocycles. The molecular weight excluding hydrogens is 220 g/mol. The van der Waals surface area contributed by atoms with E-state index >= 15 is 0 Å². The van der Waals surface area contributed by atoms with Crippen molar-refractivity contribution in [3.8, 4) is 0 Å². The van der Waals surface area contributed by atoms with Gasteiger partial charge in [0.25, 0.3) is 5.91 Å². The van der Waals surface area contributed by atoms with Crippen molar-refractivity contribution in [3.63, 3.8) is 0 Å². The summed E-state index contributed by atoms with van der Waals surface area (Å²) in [5.74, 6) is -1.30. The van der Waals surface area contributed by atoms with Gasteiger partial charge in [-0.25, -0.2) is 4.99 Å². The second-order valence-corrected chi connectivity index (χ2v) is 3.82. The van der Waals surface area contributed by atoms with Crippen molar-refractivity contribution >= 4 is 17.6 Å². The second-order valence-electron chi connectivity index (χ2n) is 3.82. The van der Waals surface area contributed by atoms with E-state index in [1.165, 1.54) is 7.11 Å². The van der Waals surface area contributed by atoms with Gasteiger partial charge in [-0.3, -0.25) is 9.59 Å². The Morgan fingerprint density at radius 3 is 2.82 bits per heavy atom. The number of carbonyl (C=O) groups is 2. The molecule has 1 aliphatic rings. The molecule has 1 aromatic rings. The molecular formula is C12H12N2O3. The van der Waals surface area contributed by atoms with E-state index in [9.17, 15) is 9.59 Å². The van der Waals surface area contributed by atoms with Gasteiger partial charge in [0.2, 0.25) is 0 Å². The summed E-state index contributed by atoms with van der Waals surface area (Å²) in [6.07, 6.45) is 0. The number of ether oxygens (including phenoxy) is 1. The van der Waals surface area contributed by atoms with Gasteiger partial charge in [-0.2, -0.15) is 0 Å². The number of methoxy groups -OCH3 is 1. The van der Waals surface area contributed by atoms with Gasteiger partial charge >= 0.3 is 5.97 Å². The lowest BCUT2D eigenvalue weighted by Gasteiger charge is -2.09. The van der Waals surface area contributed by atoms with Crippen LogP contribution in [0.3, 0.4) is 0 Å². The van der Waals surface area contributed by atoms with E-state index in [-0.39, 0.29) is 11.7 Å². The zero-order valence-electron chi connectivity index (χ0n) is 9.56. The highest BCUT2D eigenvalue weighted by Crippen LogP contribution is 2.12. The zero-order valence-corrected chi connectivity index (χ0v) is 9.56. The molecule has 5 nitrogen and oxygen atoms in total. The molecule has 1 heterocycles. The quantitative estimate of drug-likeness (QED) is 0.676. The SMILES string of the molecule is COC(=O)[C@@H](C)c1cccc2c1=C(N)C(=O)N=2. The van der Waals surface area contributed by atoms with E-state index in [0.717, 1.165) is 0 Å². The molecule has 0 fully saturated rings. The van der Waals surface area contributed by atoms with Crippen LogP contribution in [0.5, 0.6) is 0 Å². The number of esters is 1. The van der Waals surface area contributed by atoms with Crippen molar-refractivity contribution in [1.82, 2.24) is 0 Å². The van der Waals surface area contributed by atoms with Crippen LogP contribution >= 0.6 is 0 Å². The fraction of sp³-hybridized carbons (Fsp3) is 0.250. The molecule has 1 atom stereocenters. The normalized spacial score (nSPS) is 15.2. The summed E-state index contributed by atoms with van der Waals surface area (Å²) in [4.78, 5) is 26.7. The van der Waals surface area contributed by atoms with E-state index in [0.29, 0.717) is 16.1 Å². The maximum absolute atomic E-state index is 11.5. The first kappa shape index (κ1) is 11.3. The minimum atomic E-state index is -0.477. The Kier molecular flexibility index (Phi) is 2.67. The average Bonchev–Trinajstić information content (AvgIpc) is 2.63. The Morgan fingerprint density at radius 1 is 1.47 bits per heavy atom. The number of amides is 1. The first-order chi connectivity index (χ1) is 8.06. The molecule has 0 spiro atoms.